The van der Waals surface area contributed by atoms with E-state index in [0.29, 0.717) is 25.0 Å². The van der Waals surface area contributed by atoms with E-state index in [-0.39, 0.29) is 35.6 Å². The molecule has 0 N–H and O–H groups in total. The van der Waals surface area contributed by atoms with Gasteiger partial charge in [-0.05, 0) is 42.9 Å². The van der Waals surface area contributed by atoms with Crippen molar-refractivity contribution in [3.05, 3.63) is 12.2 Å². The van der Waals surface area contributed by atoms with Gasteiger partial charge in [0.15, 0.2) is 0 Å². The molecule has 2 aliphatic carbocycles. The van der Waals surface area contributed by atoms with Crippen LogP contribution in [0.2, 0.25) is 0 Å². The minimum Gasteiger partial charge on any atom is -0.465 e. The van der Waals surface area contributed by atoms with Crippen molar-refractivity contribution in [3.8, 4) is 0 Å². The summed E-state index contributed by atoms with van der Waals surface area (Å²) in [5, 5.41) is 0. The Morgan fingerprint density at radius 3 is 1.56 bits per heavy atom. The van der Waals surface area contributed by atoms with E-state index < -0.39 is 0 Å². The summed E-state index contributed by atoms with van der Waals surface area (Å²) in [6.07, 6.45) is 11.4. The molecule has 2 aliphatic rings. The molecule has 0 aliphatic heterocycles. The molecule has 6 unspecified atom stereocenters. The highest BCUT2D eigenvalue weighted by Gasteiger charge is 2.53. The number of carbonyl (C=O) groups excluding carboxylic acids is 2. The molecule has 0 amide bonds. The highest BCUT2D eigenvalue weighted by Crippen LogP contribution is 2.49. The van der Waals surface area contributed by atoms with E-state index in [9.17, 15) is 9.59 Å². The largest absolute Gasteiger partial charge is 0.465 e. The zero-order valence-corrected chi connectivity index (χ0v) is 17.6. The molecule has 4 heteroatoms. The summed E-state index contributed by atoms with van der Waals surface area (Å²) in [6.45, 7) is 9.51. The lowest BCUT2D eigenvalue weighted by atomic mass is 9.83. The number of carbonyl (C=O) groups is 2. The molecular weight excluding hydrogens is 340 g/mol. The van der Waals surface area contributed by atoms with E-state index in [1.165, 1.54) is 0 Å². The van der Waals surface area contributed by atoms with Crippen LogP contribution in [0, 0.1) is 35.5 Å². The second-order valence-electron chi connectivity index (χ2n) is 8.39. The molecule has 1 fully saturated rings. The van der Waals surface area contributed by atoms with Gasteiger partial charge in [-0.1, -0.05) is 65.5 Å². The fourth-order valence-corrected chi connectivity index (χ4v) is 4.68. The Balaban J connectivity index is 1.95. The Hall–Kier alpha value is -1.32. The lowest BCUT2D eigenvalue weighted by Gasteiger charge is -2.26. The van der Waals surface area contributed by atoms with Crippen LogP contribution in [0.5, 0.6) is 0 Å². The Morgan fingerprint density at radius 1 is 0.815 bits per heavy atom. The Morgan fingerprint density at radius 2 is 1.22 bits per heavy atom. The summed E-state index contributed by atoms with van der Waals surface area (Å²) in [7, 11) is 0. The average molecular weight is 379 g/mol. The molecule has 2 bridgehead atoms. The highest BCUT2D eigenvalue weighted by atomic mass is 16.5. The standard InChI is InChI=1S/C23H38O4/c1-5-9-16(7-3)14-26-22(24)20-18-11-12-19(13-18)21(20)23(25)27-15-17(8-4)10-6-2/h11-12,16-21H,5-10,13-15H2,1-4H3. The van der Waals surface area contributed by atoms with Gasteiger partial charge < -0.3 is 9.47 Å². The van der Waals surface area contributed by atoms with Gasteiger partial charge in [0.05, 0.1) is 25.0 Å². The van der Waals surface area contributed by atoms with Crippen molar-refractivity contribution < 1.29 is 19.1 Å². The lowest BCUT2D eigenvalue weighted by molar-refractivity contribution is -0.163. The normalized spacial score (nSPS) is 28.1. The average Bonchev–Trinajstić information content (AvgIpc) is 3.29. The van der Waals surface area contributed by atoms with Crippen LogP contribution in [0.4, 0.5) is 0 Å². The van der Waals surface area contributed by atoms with Crippen LogP contribution in [0.3, 0.4) is 0 Å². The molecule has 0 spiro atoms. The summed E-state index contributed by atoms with van der Waals surface area (Å²) in [4.78, 5) is 25.6. The van der Waals surface area contributed by atoms with Crippen molar-refractivity contribution in [3.63, 3.8) is 0 Å². The third-order valence-electron chi connectivity index (χ3n) is 6.47. The molecule has 1 saturated carbocycles. The minimum absolute atomic E-state index is 0.129. The van der Waals surface area contributed by atoms with Gasteiger partial charge in [0, 0.05) is 0 Å². The van der Waals surface area contributed by atoms with Gasteiger partial charge in [-0.25, -0.2) is 0 Å². The van der Waals surface area contributed by atoms with E-state index in [1.54, 1.807) is 0 Å². The van der Waals surface area contributed by atoms with E-state index in [2.05, 4.69) is 39.8 Å². The molecule has 0 radical (unpaired) electrons. The van der Waals surface area contributed by atoms with Crippen molar-refractivity contribution in [1.82, 2.24) is 0 Å². The Bertz CT molecular complexity index is 469. The third-order valence-corrected chi connectivity index (χ3v) is 6.47. The maximum atomic E-state index is 12.8. The molecule has 2 rings (SSSR count). The lowest BCUT2D eigenvalue weighted by Crippen LogP contribution is -2.36. The van der Waals surface area contributed by atoms with Crippen molar-refractivity contribution >= 4 is 11.9 Å². The molecular formula is C23H38O4. The second kappa shape index (κ2) is 10.9. The zero-order valence-electron chi connectivity index (χ0n) is 17.6. The number of hydrogen-bond acceptors (Lipinski definition) is 4. The number of hydrogen-bond donors (Lipinski definition) is 0. The van der Waals surface area contributed by atoms with Gasteiger partial charge in [-0.15, -0.1) is 0 Å². The summed E-state index contributed by atoms with van der Waals surface area (Å²) in [6, 6.07) is 0. The van der Waals surface area contributed by atoms with Crippen molar-refractivity contribution in [2.45, 2.75) is 72.6 Å². The molecule has 4 nitrogen and oxygen atoms in total. The monoisotopic (exact) mass is 378 g/mol. The first-order chi connectivity index (χ1) is 13.0. The first kappa shape index (κ1) is 22.0. The smallest absolute Gasteiger partial charge is 0.310 e. The summed E-state index contributed by atoms with van der Waals surface area (Å²) in [5.41, 5.74) is 0. The number of rotatable bonds is 12. The predicted molar refractivity (Wildman–Crippen MR) is 107 cm³/mol. The fourth-order valence-electron chi connectivity index (χ4n) is 4.68. The minimum atomic E-state index is -0.363. The van der Waals surface area contributed by atoms with E-state index in [1.807, 2.05) is 0 Å². The number of ether oxygens (including phenoxy) is 2. The zero-order chi connectivity index (χ0) is 19.8. The van der Waals surface area contributed by atoms with Crippen LogP contribution < -0.4 is 0 Å². The summed E-state index contributed by atoms with van der Waals surface area (Å²) in [5.74, 6) is -0.0489. The second-order valence-corrected chi connectivity index (χ2v) is 8.39. The van der Waals surface area contributed by atoms with Gasteiger partial charge in [0.2, 0.25) is 0 Å². The van der Waals surface area contributed by atoms with Crippen LogP contribution in [-0.2, 0) is 19.1 Å². The van der Waals surface area contributed by atoms with Gasteiger partial charge in [0.25, 0.3) is 0 Å². The fraction of sp³-hybridized carbons (Fsp3) is 0.826. The molecule has 0 aromatic rings. The van der Waals surface area contributed by atoms with Crippen molar-refractivity contribution in [2.75, 3.05) is 13.2 Å². The van der Waals surface area contributed by atoms with Crippen molar-refractivity contribution in [1.29, 1.82) is 0 Å². The van der Waals surface area contributed by atoms with E-state index >= 15 is 0 Å². The van der Waals surface area contributed by atoms with E-state index in [4.69, 9.17) is 9.47 Å². The van der Waals surface area contributed by atoms with Gasteiger partial charge >= 0.3 is 11.9 Å². The van der Waals surface area contributed by atoms with Crippen LogP contribution in [0.15, 0.2) is 12.2 Å². The maximum Gasteiger partial charge on any atom is 0.310 e. The first-order valence-corrected chi connectivity index (χ1v) is 11.1. The summed E-state index contributed by atoms with van der Waals surface area (Å²) >= 11 is 0. The SMILES string of the molecule is CCCC(CC)COC(=O)C1C2C=CC(C2)C1C(=O)OCC(CC)CCC. The molecule has 0 heterocycles. The Kier molecular flexibility index (Phi) is 8.85. The first-order valence-electron chi connectivity index (χ1n) is 11.1. The maximum absolute atomic E-state index is 12.8. The quantitative estimate of drug-likeness (QED) is 0.347. The number of fused-ring (bicyclic) bond motifs is 2. The molecule has 27 heavy (non-hydrogen) atoms. The van der Waals surface area contributed by atoms with Crippen LogP contribution in [0.1, 0.15) is 72.6 Å². The topological polar surface area (TPSA) is 52.6 Å². The van der Waals surface area contributed by atoms with E-state index in [0.717, 1.165) is 44.9 Å². The predicted octanol–water partition coefficient (Wildman–Crippen LogP) is 5.16. The summed E-state index contributed by atoms with van der Waals surface area (Å²) < 4.78 is 11.3. The van der Waals surface area contributed by atoms with Gasteiger partial charge in [-0.3, -0.25) is 9.59 Å². The highest BCUT2D eigenvalue weighted by molar-refractivity contribution is 5.84. The van der Waals surface area contributed by atoms with Crippen LogP contribution in [0.25, 0.3) is 0 Å². The molecule has 154 valence electrons. The third kappa shape index (κ3) is 5.58. The van der Waals surface area contributed by atoms with Crippen molar-refractivity contribution in [2.24, 2.45) is 35.5 Å². The van der Waals surface area contributed by atoms with Crippen LogP contribution in [-0.4, -0.2) is 25.2 Å². The molecule has 0 aromatic heterocycles. The van der Waals surface area contributed by atoms with Gasteiger partial charge in [-0.2, -0.15) is 0 Å². The number of allylic oxidation sites excluding steroid dienone is 2. The van der Waals surface area contributed by atoms with Gasteiger partial charge in [0.1, 0.15) is 0 Å². The molecule has 0 aromatic carbocycles. The Labute approximate surface area is 165 Å². The molecule has 0 saturated heterocycles. The molecule has 6 atom stereocenters. The van der Waals surface area contributed by atoms with Crippen LogP contribution >= 0.6 is 0 Å². The number of esters is 2.